The van der Waals surface area contributed by atoms with E-state index in [4.69, 9.17) is 4.74 Å². The minimum Gasteiger partial charge on any atom is -0.496 e. The van der Waals surface area contributed by atoms with Crippen LogP contribution in [0.3, 0.4) is 0 Å². The minimum atomic E-state index is -0.0399. The lowest BCUT2D eigenvalue weighted by molar-refractivity contribution is 0.0931. The quantitative estimate of drug-likeness (QED) is 0.671. The first-order valence-corrected chi connectivity index (χ1v) is 8.13. The molecule has 1 amide bonds. The van der Waals surface area contributed by atoms with Crippen molar-refractivity contribution >= 4 is 21.8 Å². The van der Waals surface area contributed by atoms with Gasteiger partial charge in [-0.15, -0.1) is 0 Å². The number of amides is 1. The number of alkyl halides is 1. The van der Waals surface area contributed by atoms with Crippen molar-refractivity contribution in [3.63, 3.8) is 0 Å². The molecule has 0 aliphatic heterocycles. The Morgan fingerprint density at radius 2 is 2.05 bits per heavy atom. The lowest BCUT2D eigenvalue weighted by Gasteiger charge is -2.22. The average molecular weight is 340 g/mol. The van der Waals surface area contributed by atoms with Crippen LogP contribution < -0.4 is 10.1 Å². The Morgan fingerprint density at radius 3 is 2.80 bits per heavy atom. The molecular weight excluding hydrogens is 318 g/mol. The van der Waals surface area contributed by atoms with Gasteiger partial charge in [-0.05, 0) is 31.9 Å². The fourth-order valence-corrected chi connectivity index (χ4v) is 3.39. The molecule has 0 radical (unpaired) electrons. The highest BCUT2D eigenvalue weighted by Crippen LogP contribution is 2.25. The van der Waals surface area contributed by atoms with Gasteiger partial charge in [0, 0.05) is 10.9 Å². The van der Waals surface area contributed by atoms with Crippen molar-refractivity contribution in [2.45, 2.75) is 49.9 Å². The van der Waals surface area contributed by atoms with Gasteiger partial charge < -0.3 is 10.1 Å². The van der Waals surface area contributed by atoms with E-state index in [2.05, 4.69) is 21.2 Å². The SMILES string of the molecule is COc1ccc(C)cc1C(=O)NC1CCCCCC1Br. The molecule has 0 spiro atoms. The molecule has 2 atom stereocenters. The van der Waals surface area contributed by atoms with E-state index < -0.39 is 0 Å². The van der Waals surface area contributed by atoms with Crippen molar-refractivity contribution in [2.24, 2.45) is 0 Å². The van der Waals surface area contributed by atoms with E-state index in [0.717, 1.165) is 18.4 Å². The number of carbonyl (C=O) groups is 1. The maximum absolute atomic E-state index is 12.5. The predicted octanol–water partition coefficient (Wildman–Crippen LogP) is 3.83. The Kier molecular flexibility index (Phi) is 5.46. The number of carbonyl (C=O) groups excluding carboxylic acids is 1. The zero-order valence-electron chi connectivity index (χ0n) is 12.1. The van der Waals surface area contributed by atoms with Crippen molar-refractivity contribution in [1.29, 1.82) is 0 Å². The van der Waals surface area contributed by atoms with Crippen LogP contribution in [0.5, 0.6) is 5.75 Å². The molecule has 1 aliphatic rings. The molecule has 1 N–H and O–H groups in total. The highest BCUT2D eigenvalue weighted by Gasteiger charge is 2.24. The number of ether oxygens (including phenoxy) is 1. The van der Waals surface area contributed by atoms with Gasteiger partial charge in [0.2, 0.25) is 0 Å². The van der Waals surface area contributed by atoms with Crippen molar-refractivity contribution in [2.75, 3.05) is 7.11 Å². The Labute approximate surface area is 129 Å². The van der Waals surface area contributed by atoms with Crippen LogP contribution in [-0.2, 0) is 0 Å². The van der Waals surface area contributed by atoms with Gasteiger partial charge in [-0.3, -0.25) is 4.79 Å². The summed E-state index contributed by atoms with van der Waals surface area (Å²) in [5.74, 6) is 0.592. The normalized spacial score (nSPS) is 22.9. The second-order valence-electron chi connectivity index (χ2n) is 5.44. The molecule has 3 nitrogen and oxygen atoms in total. The van der Waals surface area contributed by atoms with E-state index in [1.807, 2.05) is 25.1 Å². The molecule has 1 fully saturated rings. The van der Waals surface area contributed by atoms with Crippen LogP contribution in [-0.4, -0.2) is 23.9 Å². The number of nitrogens with one attached hydrogen (secondary N) is 1. The number of hydrogen-bond acceptors (Lipinski definition) is 2. The van der Waals surface area contributed by atoms with E-state index in [1.165, 1.54) is 19.3 Å². The fraction of sp³-hybridized carbons (Fsp3) is 0.562. The van der Waals surface area contributed by atoms with Crippen molar-refractivity contribution in [3.8, 4) is 5.75 Å². The fourth-order valence-electron chi connectivity index (χ4n) is 2.67. The van der Waals surface area contributed by atoms with Gasteiger partial charge in [0.1, 0.15) is 5.75 Å². The third kappa shape index (κ3) is 3.75. The second-order valence-corrected chi connectivity index (χ2v) is 6.61. The summed E-state index contributed by atoms with van der Waals surface area (Å²) in [5, 5.41) is 3.16. The summed E-state index contributed by atoms with van der Waals surface area (Å²) in [6.07, 6.45) is 5.82. The van der Waals surface area contributed by atoms with Gasteiger partial charge in [-0.25, -0.2) is 0 Å². The van der Waals surface area contributed by atoms with Crippen LogP contribution in [0.15, 0.2) is 18.2 Å². The lowest BCUT2D eigenvalue weighted by Crippen LogP contribution is -2.40. The summed E-state index contributed by atoms with van der Waals surface area (Å²) in [7, 11) is 1.60. The first-order valence-electron chi connectivity index (χ1n) is 7.21. The molecule has 110 valence electrons. The van der Waals surface area contributed by atoms with Gasteiger partial charge in [0.15, 0.2) is 0 Å². The molecule has 1 saturated carbocycles. The molecular formula is C16H22BrNO2. The monoisotopic (exact) mass is 339 g/mol. The molecule has 0 heterocycles. The van der Waals surface area contributed by atoms with E-state index in [-0.39, 0.29) is 11.9 Å². The Hall–Kier alpha value is -1.03. The first-order chi connectivity index (χ1) is 9.61. The number of methoxy groups -OCH3 is 1. The van der Waals surface area contributed by atoms with Crippen LogP contribution in [0.1, 0.15) is 48.0 Å². The van der Waals surface area contributed by atoms with E-state index in [9.17, 15) is 4.79 Å². The third-order valence-corrected chi connectivity index (χ3v) is 4.94. The lowest BCUT2D eigenvalue weighted by atomic mass is 10.1. The largest absolute Gasteiger partial charge is 0.496 e. The standard InChI is InChI=1S/C16H22BrNO2/c1-11-8-9-15(20-2)12(10-11)16(19)18-14-7-5-3-4-6-13(14)17/h8-10,13-14H,3-7H2,1-2H3,(H,18,19). The van der Waals surface area contributed by atoms with Crippen LogP contribution in [0, 0.1) is 6.92 Å². The number of benzene rings is 1. The summed E-state index contributed by atoms with van der Waals surface area (Å²) in [4.78, 5) is 12.9. The maximum Gasteiger partial charge on any atom is 0.255 e. The Morgan fingerprint density at radius 1 is 1.30 bits per heavy atom. The zero-order chi connectivity index (χ0) is 14.5. The van der Waals surface area contributed by atoms with Gasteiger partial charge in [-0.1, -0.05) is 46.8 Å². The van der Waals surface area contributed by atoms with Crippen molar-refractivity contribution in [1.82, 2.24) is 5.32 Å². The number of aryl methyl sites for hydroxylation is 1. The Bertz CT molecular complexity index is 476. The highest BCUT2D eigenvalue weighted by molar-refractivity contribution is 9.09. The van der Waals surface area contributed by atoms with Gasteiger partial charge in [0.05, 0.1) is 12.7 Å². The summed E-state index contributed by atoms with van der Waals surface area (Å²) in [6, 6.07) is 5.89. The molecule has 1 aromatic rings. The van der Waals surface area contributed by atoms with Crippen LogP contribution in [0.2, 0.25) is 0 Å². The van der Waals surface area contributed by atoms with Crippen molar-refractivity contribution < 1.29 is 9.53 Å². The highest BCUT2D eigenvalue weighted by atomic mass is 79.9. The van der Waals surface area contributed by atoms with Crippen LogP contribution >= 0.6 is 15.9 Å². The Balaban J connectivity index is 2.12. The van der Waals surface area contributed by atoms with Gasteiger partial charge in [0.25, 0.3) is 5.91 Å². The van der Waals surface area contributed by atoms with Crippen LogP contribution in [0.25, 0.3) is 0 Å². The topological polar surface area (TPSA) is 38.3 Å². The molecule has 4 heteroatoms. The molecule has 1 aromatic carbocycles. The summed E-state index contributed by atoms with van der Waals surface area (Å²) < 4.78 is 5.29. The second kappa shape index (κ2) is 7.11. The molecule has 0 saturated heterocycles. The van der Waals surface area contributed by atoms with E-state index >= 15 is 0 Å². The van der Waals surface area contributed by atoms with E-state index in [1.54, 1.807) is 7.11 Å². The average Bonchev–Trinajstić information content (AvgIpc) is 2.64. The molecule has 2 unspecified atom stereocenters. The minimum absolute atomic E-state index is 0.0399. The summed E-state index contributed by atoms with van der Waals surface area (Å²) in [6.45, 7) is 1.98. The molecule has 0 aromatic heterocycles. The predicted molar refractivity (Wildman–Crippen MR) is 84.8 cm³/mol. The molecule has 1 aliphatic carbocycles. The third-order valence-electron chi connectivity index (χ3n) is 3.85. The summed E-state index contributed by atoms with van der Waals surface area (Å²) in [5.41, 5.74) is 1.68. The van der Waals surface area contributed by atoms with Crippen molar-refractivity contribution in [3.05, 3.63) is 29.3 Å². The van der Waals surface area contributed by atoms with E-state index in [0.29, 0.717) is 16.1 Å². The smallest absolute Gasteiger partial charge is 0.255 e. The zero-order valence-corrected chi connectivity index (χ0v) is 13.7. The molecule has 2 rings (SSSR count). The number of rotatable bonds is 3. The van der Waals surface area contributed by atoms with Gasteiger partial charge >= 0.3 is 0 Å². The molecule has 20 heavy (non-hydrogen) atoms. The maximum atomic E-state index is 12.5. The van der Waals surface area contributed by atoms with Gasteiger partial charge in [-0.2, -0.15) is 0 Å². The number of halogens is 1. The molecule has 0 bridgehead atoms. The first kappa shape index (κ1) is 15.4. The summed E-state index contributed by atoms with van der Waals surface area (Å²) >= 11 is 3.71. The number of hydrogen-bond donors (Lipinski definition) is 1. The van der Waals surface area contributed by atoms with Crippen LogP contribution in [0.4, 0.5) is 0 Å².